The van der Waals surface area contributed by atoms with E-state index in [0.717, 1.165) is 37.6 Å². The summed E-state index contributed by atoms with van der Waals surface area (Å²) in [6.45, 7) is 9.51. The summed E-state index contributed by atoms with van der Waals surface area (Å²) < 4.78 is 1.16. The zero-order chi connectivity index (χ0) is 24.6. The number of thiazole rings is 1. The second-order valence-electron chi connectivity index (χ2n) is 8.31. The summed E-state index contributed by atoms with van der Waals surface area (Å²) in [7, 11) is 0. The molecule has 0 aliphatic carbocycles. The van der Waals surface area contributed by atoms with Crippen molar-refractivity contribution in [2.75, 3.05) is 5.32 Å². The monoisotopic (exact) mass is 490 g/mol. The van der Waals surface area contributed by atoms with E-state index in [0.29, 0.717) is 16.3 Å². The van der Waals surface area contributed by atoms with Gasteiger partial charge in [-0.2, -0.15) is 0 Å². The molecule has 0 fully saturated rings. The standard InChI is InChI=1S/C26H26N4O2S2/c1-13-6-11-20-21(12-13)34-25(30-20)18-7-9-19(10-8-18)29-24(32)17(5)33-26-22(23(27)31)15(3)14(2)16(4)28-26/h6-12,17H,1-5H3,(H2,27,31)(H,29,32). The Balaban J connectivity index is 1.48. The Labute approximate surface area is 207 Å². The Bertz CT molecular complexity index is 1410. The van der Waals surface area contributed by atoms with Crippen molar-refractivity contribution in [3.05, 3.63) is 70.4 Å². The van der Waals surface area contributed by atoms with E-state index in [2.05, 4.69) is 29.4 Å². The van der Waals surface area contributed by atoms with Crippen LogP contribution in [0.5, 0.6) is 0 Å². The number of benzene rings is 2. The number of thioether (sulfide) groups is 1. The molecule has 0 saturated heterocycles. The van der Waals surface area contributed by atoms with Crippen molar-refractivity contribution in [2.45, 2.75) is 44.9 Å². The van der Waals surface area contributed by atoms with E-state index in [-0.39, 0.29) is 5.91 Å². The van der Waals surface area contributed by atoms with E-state index in [1.807, 2.05) is 51.1 Å². The molecule has 1 unspecified atom stereocenters. The third-order valence-corrected chi connectivity index (χ3v) is 7.96. The van der Waals surface area contributed by atoms with Gasteiger partial charge < -0.3 is 11.1 Å². The van der Waals surface area contributed by atoms with E-state index in [9.17, 15) is 9.59 Å². The van der Waals surface area contributed by atoms with Gasteiger partial charge in [-0.25, -0.2) is 9.97 Å². The fraction of sp³-hybridized carbons (Fsp3) is 0.231. The maximum atomic E-state index is 12.9. The van der Waals surface area contributed by atoms with Crippen molar-refractivity contribution in [1.29, 1.82) is 0 Å². The number of primary amides is 1. The molecule has 1 atom stereocenters. The van der Waals surface area contributed by atoms with Crippen molar-refractivity contribution in [2.24, 2.45) is 5.73 Å². The quantitative estimate of drug-likeness (QED) is 0.332. The van der Waals surface area contributed by atoms with Crippen molar-refractivity contribution in [1.82, 2.24) is 9.97 Å². The molecule has 2 aromatic heterocycles. The van der Waals surface area contributed by atoms with Crippen LogP contribution in [-0.2, 0) is 4.79 Å². The number of carbonyl (C=O) groups excluding carboxylic acids is 2. The first-order valence-electron chi connectivity index (χ1n) is 10.9. The van der Waals surface area contributed by atoms with Gasteiger partial charge >= 0.3 is 0 Å². The van der Waals surface area contributed by atoms with Crippen molar-refractivity contribution in [3.8, 4) is 10.6 Å². The molecule has 6 nitrogen and oxygen atoms in total. The van der Waals surface area contributed by atoms with Crippen LogP contribution in [0.4, 0.5) is 5.69 Å². The lowest BCUT2D eigenvalue weighted by atomic mass is 10.0. The number of nitrogens with two attached hydrogens (primary N) is 1. The molecule has 0 aliphatic heterocycles. The largest absolute Gasteiger partial charge is 0.366 e. The molecule has 0 spiro atoms. The molecular formula is C26H26N4O2S2. The van der Waals surface area contributed by atoms with Gasteiger partial charge in [-0.15, -0.1) is 11.3 Å². The number of carbonyl (C=O) groups is 2. The van der Waals surface area contributed by atoms with E-state index in [1.165, 1.54) is 17.3 Å². The summed E-state index contributed by atoms with van der Waals surface area (Å²) in [5.41, 5.74) is 12.4. The highest BCUT2D eigenvalue weighted by molar-refractivity contribution is 8.00. The number of nitrogens with one attached hydrogen (secondary N) is 1. The van der Waals surface area contributed by atoms with Gasteiger partial charge in [-0.05, 0) is 87.7 Å². The average molecular weight is 491 g/mol. The predicted octanol–water partition coefficient (Wildman–Crippen LogP) is 5.81. The topological polar surface area (TPSA) is 98.0 Å². The zero-order valence-corrected chi connectivity index (χ0v) is 21.4. The lowest BCUT2D eigenvalue weighted by Gasteiger charge is -2.16. The summed E-state index contributed by atoms with van der Waals surface area (Å²) in [6.07, 6.45) is 0. The highest BCUT2D eigenvalue weighted by Gasteiger charge is 2.22. The molecule has 174 valence electrons. The first kappa shape index (κ1) is 23.9. The molecule has 2 amide bonds. The molecule has 34 heavy (non-hydrogen) atoms. The molecule has 8 heteroatoms. The summed E-state index contributed by atoms with van der Waals surface area (Å²) in [6, 6.07) is 13.9. The van der Waals surface area contributed by atoms with Gasteiger partial charge in [-0.1, -0.05) is 17.8 Å². The normalized spacial score (nSPS) is 12.0. The first-order valence-corrected chi connectivity index (χ1v) is 12.6. The van der Waals surface area contributed by atoms with Crippen LogP contribution in [0.15, 0.2) is 47.5 Å². The van der Waals surface area contributed by atoms with Crippen LogP contribution in [0.1, 0.15) is 39.7 Å². The van der Waals surface area contributed by atoms with Gasteiger partial charge in [-0.3, -0.25) is 9.59 Å². The lowest BCUT2D eigenvalue weighted by Crippen LogP contribution is -2.24. The van der Waals surface area contributed by atoms with Crippen LogP contribution < -0.4 is 11.1 Å². The second-order valence-corrected chi connectivity index (χ2v) is 10.7. The Kier molecular flexibility index (Phi) is 6.72. The number of pyridine rings is 1. The zero-order valence-electron chi connectivity index (χ0n) is 19.7. The maximum absolute atomic E-state index is 12.9. The van der Waals surface area contributed by atoms with E-state index < -0.39 is 11.2 Å². The molecule has 3 N–H and O–H groups in total. The molecule has 2 heterocycles. The minimum Gasteiger partial charge on any atom is -0.366 e. The summed E-state index contributed by atoms with van der Waals surface area (Å²) in [5.74, 6) is -0.717. The van der Waals surface area contributed by atoms with Crippen molar-refractivity contribution in [3.63, 3.8) is 0 Å². The minimum absolute atomic E-state index is 0.179. The smallest absolute Gasteiger partial charge is 0.251 e. The fourth-order valence-electron chi connectivity index (χ4n) is 3.60. The number of nitrogens with zero attached hydrogens (tertiary/aromatic N) is 2. The van der Waals surface area contributed by atoms with Gasteiger partial charge in [0, 0.05) is 16.9 Å². The maximum Gasteiger partial charge on any atom is 0.251 e. The predicted molar refractivity (Wildman–Crippen MR) is 141 cm³/mol. The third kappa shape index (κ3) is 4.83. The number of hydrogen-bond acceptors (Lipinski definition) is 6. The number of aromatic nitrogens is 2. The van der Waals surface area contributed by atoms with Crippen LogP contribution in [0.25, 0.3) is 20.8 Å². The molecule has 0 radical (unpaired) electrons. The average Bonchev–Trinajstić information content (AvgIpc) is 3.21. The summed E-state index contributed by atoms with van der Waals surface area (Å²) in [5, 5.41) is 3.90. The van der Waals surface area contributed by atoms with E-state index in [1.54, 1.807) is 18.3 Å². The van der Waals surface area contributed by atoms with Gasteiger partial charge in [0.15, 0.2) is 0 Å². The molecule has 4 aromatic rings. The second kappa shape index (κ2) is 9.56. The van der Waals surface area contributed by atoms with Crippen LogP contribution in [0.2, 0.25) is 0 Å². The fourth-order valence-corrected chi connectivity index (χ4v) is 5.73. The molecular weight excluding hydrogens is 464 g/mol. The lowest BCUT2D eigenvalue weighted by molar-refractivity contribution is -0.115. The highest BCUT2D eigenvalue weighted by Crippen LogP contribution is 2.32. The number of anilines is 1. The van der Waals surface area contributed by atoms with Gasteiger partial charge in [0.25, 0.3) is 5.91 Å². The minimum atomic E-state index is -0.538. The summed E-state index contributed by atoms with van der Waals surface area (Å²) >= 11 is 2.88. The van der Waals surface area contributed by atoms with Gasteiger partial charge in [0.2, 0.25) is 5.91 Å². The van der Waals surface area contributed by atoms with Crippen LogP contribution >= 0.6 is 23.1 Å². The van der Waals surface area contributed by atoms with Gasteiger partial charge in [0.05, 0.1) is 21.0 Å². The number of amides is 2. The molecule has 0 aliphatic rings. The van der Waals surface area contributed by atoms with Crippen molar-refractivity contribution < 1.29 is 9.59 Å². The SMILES string of the molecule is Cc1ccc2nc(-c3ccc(NC(=O)C(C)Sc4nc(C)c(C)c(C)c4C(N)=O)cc3)sc2c1. The molecule has 4 rings (SSSR count). The van der Waals surface area contributed by atoms with Crippen LogP contribution in [0, 0.1) is 27.7 Å². The van der Waals surface area contributed by atoms with Gasteiger partial charge in [0.1, 0.15) is 10.0 Å². The Morgan fingerprint density at radius 2 is 1.71 bits per heavy atom. The molecule has 0 bridgehead atoms. The Morgan fingerprint density at radius 3 is 2.38 bits per heavy atom. The number of aryl methyl sites for hydroxylation is 2. The Hall–Kier alpha value is -3.23. The first-order chi connectivity index (χ1) is 16.1. The van der Waals surface area contributed by atoms with Crippen LogP contribution in [0.3, 0.4) is 0 Å². The highest BCUT2D eigenvalue weighted by atomic mass is 32.2. The number of rotatable bonds is 6. The van der Waals surface area contributed by atoms with Crippen molar-refractivity contribution >= 4 is 50.8 Å². The van der Waals surface area contributed by atoms with Crippen LogP contribution in [-0.4, -0.2) is 27.0 Å². The molecule has 0 saturated carbocycles. The third-order valence-electron chi connectivity index (χ3n) is 5.81. The van der Waals surface area contributed by atoms with E-state index >= 15 is 0 Å². The molecule has 2 aromatic carbocycles. The summed E-state index contributed by atoms with van der Waals surface area (Å²) in [4.78, 5) is 34.1. The Morgan fingerprint density at radius 1 is 1.00 bits per heavy atom. The number of hydrogen-bond donors (Lipinski definition) is 2. The van der Waals surface area contributed by atoms with E-state index in [4.69, 9.17) is 10.7 Å². The number of fused-ring (bicyclic) bond motifs is 1.